The van der Waals surface area contributed by atoms with Crippen LogP contribution in [-0.4, -0.2) is 35.4 Å². The Bertz CT molecular complexity index is 1220. The van der Waals surface area contributed by atoms with Crippen LogP contribution in [0.4, 0.5) is 4.39 Å². The Kier molecular flexibility index (Phi) is 5.47. The summed E-state index contributed by atoms with van der Waals surface area (Å²) in [5.74, 6) is 1.38. The summed E-state index contributed by atoms with van der Waals surface area (Å²) in [5.41, 5.74) is 2.87. The van der Waals surface area contributed by atoms with Crippen LogP contribution < -0.4 is 14.8 Å². The minimum atomic E-state index is -0.191. The van der Waals surface area contributed by atoms with Gasteiger partial charge in [0.05, 0.1) is 11.0 Å². The van der Waals surface area contributed by atoms with Crippen LogP contribution in [0.3, 0.4) is 0 Å². The first-order valence-electron chi connectivity index (χ1n) is 10.8. The quantitative estimate of drug-likeness (QED) is 0.435. The first kappa shape index (κ1) is 19.8. The molecule has 31 heavy (non-hydrogen) atoms. The lowest BCUT2D eigenvalue weighted by Gasteiger charge is -2.27. The van der Waals surface area contributed by atoms with E-state index in [1.165, 1.54) is 6.07 Å². The molecule has 1 aliphatic heterocycles. The number of pyridine rings is 1. The van der Waals surface area contributed by atoms with Crippen molar-refractivity contribution < 1.29 is 13.9 Å². The largest absolute Gasteiger partial charge is 0.486 e. The van der Waals surface area contributed by atoms with Gasteiger partial charge in [-0.3, -0.25) is 4.98 Å². The number of nitrogens with zero attached hydrogens (tertiary/aromatic N) is 2. The van der Waals surface area contributed by atoms with Crippen LogP contribution in [0.1, 0.15) is 18.5 Å². The van der Waals surface area contributed by atoms with Gasteiger partial charge in [-0.15, -0.1) is 0 Å². The molecule has 0 saturated carbocycles. The number of fused-ring (bicyclic) bond motifs is 4. The maximum atomic E-state index is 13.5. The fourth-order valence-electron chi connectivity index (χ4n) is 4.13. The van der Waals surface area contributed by atoms with E-state index < -0.39 is 0 Å². The number of halogens is 1. The molecule has 2 aromatic heterocycles. The molecule has 1 N–H and O–H groups in total. The van der Waals surface area contributed by atoms with Gasteiger partial charge in [0.15, 0.2) is 11.5 Å². The van der Waals surface area contributed by atoms with Crippen LogP contribution in [0.2, 0.25) is 0 Å². The Hall–Kier alpha value is -3.12. The summed E-state index contributed by atoms with van der Waals surface area (Å²) in [6.07, 6.45) is 4.05. The standard InChI is InChI=1S/C25H26FN3O2/c1-17-4-7-21-22(28-17)8-9-24-25(21)31-20(16-30-24)15-27-11-2-3-12-29-13-10-18-5-6-19(26)14-23(18)29/h4-10,13-14,20,27H,2-3,11-12,15-16H2,1H3/t20-/m0/s1. The lowest BCUT2D eigenvalue weighted by Crippen LogP contribution is -2.38. The molecular formula is C25H26FN3O2. The molecule has 0 saturated heterocycles. The molecule has 5 rings (SSSR count). The van der Waals surface area contributed by atoms with E-state index in [4.69, 9.17) is 9.47 Å². The molecule has 1 atom stereocenters. The van der Waals surface area contributed by atoms with Crippen LogP contribution in [-0.2, 0) is 6.54 Å². The van der Waals surface area contributed by atoms with E-state index in [9.17, 15) is 4.39 Å². The Labute approximate surface area is 180 Å². The van der Waals surface area contributed by atoms with Crippen LogP contribution >= 0.6 is 0 Å². The summed E-state index contributed by atoms with van der Waals surface area (Å²) in [6, 6.07) is 14.9. The molecule has 3 heterocycles. The molecule has 2 aromatic carbocycles. The van der Waals surface area contributed by atoms with Gasteiger partial charge in [-0.25, -0.2) is 4.39 Å². The Morgan fingerprint density at radius 3 is 3.00 bits per heavy atom. The van der Waals surface area contributed by atoms with Crippen LogP contribution in [0, 0.1) is 12.7 Å². The summed E-state index contributed by atoms with van der Waals surface area (Å²) < 4.78 is 27.8. The predicted molar refractivity (Wildman–Crippen MR) is 120 cm³/mol. The molecule has 0 fully saturated rings. The van der Waals surface area contributed by atoms with Crippen molar-refractivity contribution in [3.8, 4) is 11.5 Å². The second-order valence-corrected chi connectivity index (χ2v) is 8.09. The van der Waals surface area contributed by atoms with Gasteiger partial charge in [0.2, 0.25) is 0 Å². The monoisotopic (exact) mass is 419 g/mol. The zero-order chi connectivity index (χ0) is 21.2. The number of hydrogen-bond acceptors (Lipinski definition) is 4. The molecule has 0 aliphatic carbocycles. The maximum Gasteiger partial charge on any atom is 0.171 e. The molecule has 4 aromatic rings. The van der Waals surface area contributed by atoms with Crippen molar-refractivity contribution in [1.29, 1.82) is 0 Å². The average Bonchev–Trinajstić information content (AvgIpc) is 3.17. The van der Waals surface area contributed by atoms with Gasteiger partial charge in [0.25, 0.3) is 0 Å². The molecule has 0 spiro atoms. The topological polar surface area (TPSA) is 48.3 Å². The van der Waals surface area contributed by atoms with E-state index in [-0.39, 0.29) is 11.9 Å². The van der Waals surface area contributed by atoms with Crippen molar-refractivity contribution in [2.45, 2.75) is 32.4 Å². The summed E-state index contributed by atoms with van der Waals surface area (Å²) in [4.78, 5) is 4.58. The lowest BCUT2D eigenvalue weighted by molar-refractivity contribution is 0.0925. The first-order valence-corrected chi connectivity index (χ1v) is 10.8. The van der Waals surface area contributed by atoms with Crippen molar-refractivity contribution in [2.24, 2.45) is 0 Å². The highest BCUT2D eigenvalue weighted by Gasteiger charge is 2.23. The Morgan fingerprint density at radius 1 is 1.13 bits per heavy atom. The van der Waals surface area contributed by atoms with Gasteiger partial charge in [0.1, 0.15) is 18.5 Å². The van der Waals surface area contributed by atoms with Crippen molar-refractivity contribution in [3.05, 3.63) is 66.2 Å². The highest BCUT2D eigenvalue weighted by atomic mass is 19.1. The SMILES string of the molecule is Cc1ccc2c3c(ccc2n1)OC[C@H](CNCCCCn1ccc2ccc(F)cc21)O3. The molecule has 0 unspecified atom stereocenters. The number of unbranched alkanes of at least 4 members (excludes halogenated alkanes) is 1. The molecule has 0 amide bonds. The van der Waals surface area contributed by atoms with Gasteiger partial charge >= 0.3 is 0 Å². The van der Waals surface area contributed by atoms with Gasteiger partial charge in [-0.2, -0.15) is 0 Å². The number of aryl methyl sites for hydroxylation is 2. The summed E-state index contributed by atoms with van der Waals surface area (Å²) in [7, 11) is 0. The first-order chi connectivity index (χ1) is 15.2. The number of aromatic nitrogens is 2. The third kappa shape index (κ3) is 4.21. The van der Waals surface area contributed by atoms with Gasteiger partial charge < -0.3 is 19.4 Å². The van der Waals surface area contributed by atoms with E-state index in [2.05, 4.69) is 14.9 Å². The van der Waals surface area contributed by atoms with E-state index in [1.54, 1.807) is 6.07 Å². The predicted octanol–water partition coefficient (Wildman–Crippen LogP) is 4.85. The third-order valence-corrected chi connectivity index (χ3v) is 5.74. The van der Waals surface area contributed by atoms with Crippen molar-refractivity contribution in [3.63, 3.8) is 0 Å². The smallest absolute Gasteiger partial charge is 0.171 e. The van der Waals surface area contributed by atoms with Crippen molar-refractivity contribution >= 4 is 21.8 Å². The van der Waals surface area contributed by atoms with E-state index >= 15 is 0 Å². The minimum absolute atomic E-state index is 0.0317. The minimum Gasteiger partial charge on any atom is -0.486 e. The number of hydrogen-bond donors (Lipinski definition) is 1. The van der Waals surface area contributed by atoms with Crippen LogP contribution in [0.25, 0.3) is 21.8 Å². The number of rotatable bonds is 7. The van der Waals surface area contributed by atoms with Gasteiger partial charge in [-0.1, -0.05) is 0 Å². The van der Waals surface area contributed by atoms with E-state index in [0.29, 0.717) is 6.61 Å². The maximum absolute atomic E-state index is 13.5. The molecule has 0 bridgehead atoms. The van der Waals surface area contributed by atoms with Crippen LogP contribution in [0.15, 0.2) is 54.7 Å². The fourth-order valence-corrected chi connectivity index (χ4v) is 4.13. The highest BCUT2D eigenvalue weighted by molar-refractivity contribution is 5.88. The number of ether oxygens (including phenoxy) is 2. The summed E-state index contributed by atoms with van der Waals surface area (Å²) >= 11 is 0. The second-order valence-electron chi connectivity index (χ2n) is 8.09. The molecule has 1 aliphatic rings. The molecule has 6 heteroatoms. The van der Waals surface area contributed by atoms with E-state index in [0.717, 1.165) is 71.5 Å². The zero-order valence-corrected chi connectivity index (χ0v) is 17.6. The van der Waals surface area contributed by atoms with Gasteiger partial charge in [0, 0.05) is 30.4 Å². The third-order valence-electron chi connectivity index (χ3n) is 5.74. The van der Waals surface area contributed by atoms with Gasteiger partial charge in [-0.05, 0) is 80.2 Å². The molecule has 160 valence electrons. The fraction of sp³-hybridized carbons (Fsp3) is 0.320. The normalized spacial score (nSPS) is 15.6. The molecular weight excluding hydrogens is 393 g/mol. The number of nitrogens with one attached hydrogen (secondary N) is 1. The Morgan fingerprint density at radius 2 is 2.06 bits per heavy atom. The summed E-state index contributed by atoms with van der Waals surface area (Å²) in [5, 5.41) is 5.54. The van der Waals surface area contributed by atoms with Crippen molar-refractivity contribution in [1.82, 2.24) is 14.9 Å². The zero-order valence-electron chi connectivity index (χ0n) is 17.6. The molecule has 5 nitrogen and oxygen atoms in total. The van der Waals surface area contributed by atoms with Crippen LogP contribution in [0.5, 0.6) is 11.5 Å². The highest BCUT2D eigenvalue weighted by Crippen LogP contribution is 2.38. The van der Waals surface area contributed by atoms with E-state index in [1.807, 2.05) is 49.5 Å². The Balaban J connectivity index is 1.11. The second kappa shape index (κ2) is 8.55. The summed E-state index contributed by atoms with van der Waals surface area (Å²) in [6.45, 7) is 5.03. The average molecular weight is 420 g/mol. The number of benzene rings is 2. The van der Waals surface area contributed by atoms with Crippen molar-refractivity contribution in [2.75, 3.05) is 19.7 Å². The lowest BCUT2D eigenvalue weighted by atomic mass is 10.1. The molecule has 0 radical (unpaired) electrons.